The molecule has 0 aromatic heterocycles. The first-order chi connectivity index (χ1) is 10.1. The Labute approximate surface area is 131 Å². The lowest BCUT2D eigenvalue weighted by molar-refractivity contribution is 0.0508. The normalized spacial score (nSPS) is 15.9. The van der Waals surface area contributed by atoms with Gasteiger partial charge in [-0.3, -0.25) is 0 Å². The highest BCUT2D eigenvalue weighted by Crippen LogP contribution is 2.30. The van der Waals surface area contributed by atoms with Gasteiger partial charge in [0.1, 0.15) is 0 Å². The Balaban J connectivity index is 2.93. The predicted octanol–water partition coefficient (Wildman–Crippen LogP) is 4.61. The first-order valence-electron chi connectivity index (χ1n) is 8.50. The van der Waals surface area contributed by atoms with Crippen molar-refractivity contribution >= 4 is 0 Å². The van der Waals surface area contributed by atoms with Crippen molar-refractivity contribution in [3.05, 3.63) is 35.9 Å². The number of nitrogens with one attached hydrogen (secondary N) is 1. The third kappa shape index (κ3) is 6.19. The maximum Gasteiger partial charge on any atom is 0.0629 e. The van der Waals surface area contributed by atoms with Crippen molar-refractivity contribution in [2.45, 2.75) is 65.5 Å². The van der Waals surface area contributed by atoms with E-state index in [-0.39, 0.29) is 6.10 Å². The molecule has 21 heavy (non-hydrogen) atoms. The average molecular weight is 291 g/mol. The van der Waals surface area contributed by atoms with E-state index in [0.717, 1.165) is 19.6 Å². The van der Waals surface area contributed by atoms with Gasteiger partial charge in [-0.05, 0) is 38.3 Å². The van der Waals surface area contributed by atoms with E-state index in [1.54, 1.807) is 0 Å². The lowest BCUT2D eigenvalue weighted by atomic mass is 9.80. The summed E-state index contributed by atoms with van der Waals surface area (Å²) in [6.45, 7) is 12.9. The van der Waals surface area contributed by atoms with Crippen LogP contribution < -0.4 is 5.32 Å². The van der Waals surface area contributed by atoms with Gasteiger partial charge in [-0.15, -0.1) is 0 Å². The molecule has 0 aliphatic carbocycles. The molecule has 0 amide bonds. The molecule has 0 bridgehead atoms. The van der Waals surface area contributed by atoms with Crippen LogP contribution in [0.5, 0.6) is 0 Å². The van der Waals surface area contributed by atoms with Crippen molar-refractivity contribution in [1.29, 1.82) is 0 Å². The van der Waals surface area contributed by atoms with Gasteiger partial charge in [-0.1, -0.05) is 57.5 Å². The van der Waals surface area contributed by atoms with Gasteiger partial charge in [0.2, 0.25) is 0 Å². The molecule has 0 heterocycles. The zero-order valence-electron chi connectivity index (χ0n) is 14.4. The van der Waals surface area contributed by atoms with Crippen molar-refractivity contribution in [3.8, 4) is 0 Å². The maximum atomic E-state index is 5.94. The van der Waals surface area contributed by atoms with E-state index >= 15 is 0 Å². The molecule has 1 rings (SSSR count). The first-order valence-corrected chi connectivity index (χ1v) is 8.50. The van der Waals surface area contributed by atoms with Crippen molar-refractivity contribution in [1.82, 2.24) is 5.32 Å². The molecule has 0 saturated carbocycles. The summed E-state index contributed by atoms with van der Waals surface area (Å²) in [5, 5.41) is 3.71. The fraction of sp³-hybridized carbons (Fsp3) is 0.684. The molecule has 0 aliphatic heterocycles. The molecular formula is C19H33NO. The number of ether oxygens (including phenoxy) is 1. The third-order valence-electron chi connectivity index (χ3n) is 4.14. The molecule has 0 saturated heterocycles. The number of hydrogen-bond donors (Lipinski definition) is 1. The van der Waals surface area contributed by atoms with Crippen molar-refractivity contribution in [2.75, 3.05) is 13.2 Å². The van der Waals surface area contributed by atoms with Crippen LogP contribution in [0.2, 0.25) is 0 Å². The van der Waals surface area contributed by atoms with E-state index < -0.39 is 0 Å². The first kappa shape index (κ1) is 18.2. The Hall–Kier alpha value is -0.860. The summed E-state index contributed by atoms with van der Waals surface area (Å²) < 4.78 is 5.94. The number of rotatable bonds is 10. The van der Waals surface area contributed by atoms with Gasteiger partial charge in [0.05, 0.1) is 12.7 Å². The summed E-state index contributed by atoms with van der Waals surface area (Å²) in [7, 11) is 0. The SMILES string of the molecule is CCCNC(COC(C)C)C(c1ccccc1)C(C)CC. The molecular weight excluding hydrogens is 258 g/mol. The van der Waals surface area contributed by atoms with E-state index in [0.29, 0.717) is 17.9 Å². The number of benzene rings is 1. The highest BCUT2D eigenvalue weighted by atomic mass is 16.5. The molecule has 0 aliphatic rings. The summed E-state index contributed by atoms with van der Waals surface area (Å²) in [5.41, 5.74) is 1.42. The van der Waals surface area contributed by atoms with E-state index in [9.17, 15) is 0 Å². The van der Waals surface area contributed by atoms with Crippen LogP contribution in [0.15, 0.2) is 30.3 Å². The van der Waals surface area contributed by atoms with Gasteiger partial charge in [0.15, 0.2) is 0 Å². The Morgan fingerprint density at radius 3 is 2.24 bits per heavy atom. The van der Waals surface area contributed by atoms with Crippen LogP contribution >= 0.6 is 0 Å². The Morgan fingerprint density at radius 2 is 1.71 bits per heavy atom. The van der Waals surface area contributed by atoms with Gasteiger partial charge in [0, 0.05) is 12.0 Å². The minimum absolute atomic E-state index is 0.282. The minimum Gasteiger partial charge on any atom is -0.377 e. The molecule has 0 spiro atoms. The second-order valence-electron chi connectivity index (χ2n) is 6.26. The Kier molecular flexibility index (Phi) is 8.63. The molecule has 1 N–H and O–H groups in total. The molecule has 2 heteroatoms. The van der Waals surface area contributed by atoms with Crippen LogP contribution in [0.4, 0.5) is 0 Å². The van der Waals surface area contributed by atoms with Gasteiger partial charge >= 0.3 is 0 Å². The van der Waals surface area contributed by atoms with Gasteiger partial charge in [-0.25, -0.2) is 0 Å². The molecule has 1 aromatic rings. The van der Waals surface area contributed by atoms with Gasteiger partial charge in [0.25, 0.3) is 0 Å². The summed E-state index contributed by atoms with van der Waals surface area (Å²) in [6.07, 6.45) is 2.62. The second kappa shape index (κ2) is 9.97. The lowest BCUT2D eigenvalue weighted by Gasteiger charge is -2.33. The standard InChI is InChI=1S/C19H33NO/c1-6-13-20-18(14-21-15(3)4)19(16(5)7-2)17-11-9-8-10-12-17/h8-12,15-16,18-20H,6-7,13-14H2,1-5H3. The van der Waals surface area contributed by atoms with Crippen LogP contribution in [-0.2, 0) is 4.74 Å². The largest absolute Gasteiger partial charge is 0.377 e. The number of hydrogen-bond acceptors (Lipinski definition) is 2. The average Bonchev–Trinajstić information content (AvgIpc) is 2.50. The quantitative estimate of drug-likeness (QED) is 0.679. The van der Waals surface area contributed by atoms with Crippen LogP contribution in [0.1, 0.15) is 58.9 Å². The van der Waals surface area contributed by atoms with Crippen molar-refractivity contribution in [3.63, 3.8) is 0 Å². The Bertz CT molecular complexity index is 363. The van der Waals surface area contributed by atoms with Crippen LogP contribution in [0.25, 0.3) is 0 Å². The lowest BCUT2D eigenvalue weighted by Crippen LogP contribution is -2.42. The summed E-state index contributed by atoms with van der Waals surface area (Å²) in [6, 6.07) is 11.3. The maximum absolute atomic E-state index is 5.94. The third-order valence-corrected chi connectivity index (χ3v) is 4.14. The molecule has 1 aromatic carbocycles. The molecule has 0 fully saturated rings. The topological polar surface area (TPSA) is 21.3 Å². The van der Waals surface area contributed by atoms with E-state index in [1.165, 1.54) is 12.0 Å². The second-order valence-corrected chi connectivity index (χ2v) is 6.26. The molecule has 3 atom stereocenters. The van der Waals surface area contributed by atoms with Gasteiger partial charge in [-0.2, -0.15) is 0 Å². The van der Waals surface area contributed by atoms with E-state index in [2.05, 4.69) is 70.3 Å². The molecule has 0 radical (unpaired) electrons. The smallest absolute Gasteiger partial charge is 0.0629 e. The fourth-order valence-corrected chi connectivity index (χ4v) is 2.80. The fourth-order valence-electron chi connectivity index (χ4n) is 2.80. The summed E-state index contributed by atoms with van der Waals surface area (Å²) in [4.78, 5) is 0. The molecule has 120 valence electrons. The van der Waals surface area contributed by atoms with Crippen molar-refractivity contribution in [2.24, 2.45) is 5.92 Å². The van der Waals surface area contributed by atoms with Crippen LogP contribution in [-0.4, -0.2) is 25.3 Å². The van der Waals surface area contributed by atoms with Crippen molar-refractivity contribution < 1.29 is 4.74 Å². The highest BCUT2D eigenvalue weighted by molar-refractivity contribution is 5.22. The highest BCUT2D eigenvalue weighted by Gasteiger charge is 2.27. The van der Waals surface area contributed by atoms with Gasteiger partial charge < -0.3 is 10.1 Å². The van der Waals surface area contributed by atoms with E-state index in [4.69, 9.17) is 4.74 Å². The molecule has 2 nitrogen and oxygen atoms in total. The zero-order chi connectivity index (χ0) is 15.7. The monoisotopic (exact) mass is 291 g/mol. The minimum atomic E-state index is 0.282. The molecule has 3 unspecified atom stereocenters. The van der Waals surface area contributed by atoms with Crippen LogP contribution in [0.3, 0.4) is 0 Å². The summed E-state index contributed by atoms with van der Waals surface area (Å²) >= 11 is 0. The summed E-state index contributed by atoms with van der Waals surface area (Å²) in [5.74, 6) is 1.14. The Morgan fingerprint density at radius 1 is 1.05 bits per heavy atom. The van der Waals surface area contributed by atoms with Crippen LogP contribution in [0, 0.1) is 5.92 Å². The van der Waals surface area contributed by atoms with E-state index in [1.807, 2.05) is 0 Å². The predicted molar refractivity (Wildman–Crippen MR) is 91.8 cm³/mol. The zero-order valence-corrected chi connectivity index (χ0v) is 14.4.